The summed E-state index contributed by atoms with van der Waals surface area (Å²) >= 11 is 0. The van der Waals surface area contributed by atoms with Crippen molar-refractivity contribution in [2.75, 3.05) is 4.72 Å². The van der Waals surface area contributed by atoms with E-state index in [1.807, 2.05) is 13.0 Å². The SMILES string of the molecule is Cc1ccncc1-c1ccc(NS(=O)(=O)c2cccc(C(F)(F)F)c2)cc1. The van der Waals surface area contributed by atoms with E-state index < -0.39 is 26.7 Å². The van der Waals surface area contributed by atoms with E-state index in [1.54, 1.807) is 36.7 Å². The molecule has 3 rings (SSSR count). The molecule has 0 atom stereocenters. The Morgan fingerprint density at radius 2 is 1.70 bits per heavy atom. The number of nitrogens with one attached hydrogen (secondary N) is 1. The molecule has 0 bridgehead atoms. The third kappa shape index (κ3) is 4.28. The highest BCUT2D eigenvalue weighted by Gasteiger charge is 2.31. The number of halogens is 3. The van der Waals surface area contributed by atoms with Crippen LogP contribution in [0, 0.1) is 6.92 Å². The van der Waals surface area contributed by atoms with Crippen LogP contribution in [0.5, 0.6) is 0 Å². The predicted octanol–water partition coefficient (Wildman–Crippen LogP) is 4.88. The zero-order chi connectivity index (χ0) is 19.7. The van der Waals surface area contributed by atoms with Crippen molar-refractivity contribution in [3.63, 3.8) is 0 Å². The molecule has 0 saturated carbocycles. The van der Waals surface area contributed by atoms with Gasteiger partial charge >= 0.3 is 6.18 Å². The van der Waals surface area contributed by atoms with Crippen LogP contribution >= 0.6 is 0 Å². The lowest BCUT2D eigenvalue weighted by atomic mass is 10.0. The highest BCUT2D eigenvalue weighted by molar-refractivity contribution is 7.92. The molecule has 0 aliphatic rings. The van der Waals surface area contributed by atoms with Gasteiger partial charge in [-0.1, -0.05) is 18.2 Å². The Bertz CT molecular complexity index is 1060. The van der Waals surface area contributed by atoms with Gasteiger partial charge in [-0.25, -0.2) is 8.42 Å². The summed E-state index contributed by atoms with van der Waals surface area (Å²) in [6.45, 7) is 1.93. The van der Waals surface area contributed by atoms with Gasteiger partial charge in [-0.2, -0.15) is 13.2 Å². The second-order valence-electron chi connectivity index (χ2n) is 5.90. The molecular formula is C19H15F3N2O2S. The van der Waals surface area contributed by atoms with Gasteiger partial charge in [0, 0.05) is 23.6 Å². The van der Waals surface area contributed by atoms with Crippen LogP contribution < -0.4 is 4.72 Å². The molecular weight excluding hydrogens is 377 g/mol. The van der Waals surface area contributed by atoms with E-state index >= 15 is 0 Å². The van der Waals surface area contributed by atoms with Crippen LogP contribution in [-0.2, 0) is 16.2 Å². The molecule has 0 aliphatic carbocycles. The maximum absolute atomic E-state index is 12.8. The Labute approximate surface area is 154 Å². The van der Waals surface area contributed by atoms with Crippen molar-refractivity contribution < 1.29 is 21.6 Å². The Hall–Kier alpha value is -2.87. The van der Waals surface area contributed by atoms with E-state index in [-0.39, 0.29) is 5.69 Å². The number of sulfonamides is 1. The van der Waals surface area contributed by atoms with E-state index in [0.717, 1.165) is 34.9 Å². The summed E-state index contributed by atoms with van der Waals surface area (Å²) in [7, 11) is -4.14. The number of rotatable bonds is 4. The van der Waals surface area contributed by atoms with Crippen molar-refractivity contribution in [1.82, 2.24) is 4.98 Å². The van der Waals surface area contributed by atoms with Gasteiger partial charge in [-0.15, -0.1) is 0 Å². The molecule has 0 aliphatic heterocycles. The van der Waals surface area contributed by atoms with E-state index in [4.69, 9.17) is 0 Å². The maximum Gasteiger partial charge on any atom is 0.416 e. The Balaban J connectivity index is 1.86. The van der Waals surface area contributed by atoms with Crippen molar-refractivity contribution >= 4 is 15.7 Å². The number of aryl methyl sites for hydroxylation is 1. The summed E-state index contributed by atoms with van der Waals surface area (Å²) in [5, 5.41) is 0. The number of anilines is 1. The molecule has 0 fully saturated rings. The van der Waals surface area contributed by atoms with Gasteiger partial charge in [-0.05, 0) is 54.4 Å². The molecule has 1 N–H and O–H groups in total. The molecule has 0 radical (unpaired) electrons. The number of aromatic nitrogens is 1. The van der Waals surface area contributed by atoms with Gasteiger partial charge in [0.25, 0.3) is 10.0 Å². The van der Waals surface area contributed by atoms with Gasteiger partial charge in [0.2, 0.25) is 0 Å². The van der Waals surface area contributed by atoms with Crippen LogP contribution in [0.15, 0.2) is 71.9 Å². The van der Waals surface area contributed by atoms with Crippen molar-refractivity contribution in [3.8, 4) is 11.1 Å². The number of hydrogen-bond donors (Lipinski definition) is 1. The Morgan fingerprint density at radius 1 is 1.00 bits per heavy atom. The minimum atomic E-state index is -4.62. The average molecular weight is 392 g/mol. The minimum absolute atomic E-state index is 0.248. The number of nitrogens with zero attached hydrogens (tertiary/aromatic N) is 1. The van der Waals surface area contributed by atoms with Crippen LogP contribution in [0.4, 0.5) is 18.9 Å². The highest BCUT2D eigenvalue weighted by atomic mass is 32.2. The molecule has 1 heterocycles. The zero-order valence-corrected chi connectivity index (χ0v) is 15.0. The van der Waals surface area contributed by atoms with Gasteiger partial charge < -0.3 is 0 Å². The Kier molecular flexibility index (Phi) is 4.93. The van der Waals surface area contributed by atoms with Crippen molar-refractivity contribution in [2.24, 2.45) is 0 Å². The van der Waals surface area contributed by atoms with Gasteiger partial charge in [0.05, 0.1) is 10.5 Å². The van der Waals surface area contributed by atoms with E-state index in [0.29, 0.717) is 6.07 Å². The van der Waals surface area contributed by atoms with Gasteiger partial charge in [0.15, 0.2) is 0 Å². The second kappa shape index (κ2) is 7.03. The minimum Gasteiger partial charge on any atom is -0.280 e. The van der Waals surface area contributed by atoms with Crippen LogP contribution in [-0.4, -0.2) is 13.4 Å². The Morgan fingerprint density at radius 3 is 2.33 bits per heavy atom. The molecule has 0 unspecified atom stereocenters. The molecule has 0 amide bonds. The third-order valence-electron chi connectivity index (χ3n) is 3.96. The molecule has 2 aromatic carbocycles. The first-order valence-electron chi connectivity index (χ1n) is 7.88. The molecule has 0 saturated heterocycles. The summed E-state index contributed by atoms with van der Waals surface area (Å²) < 4.78 is 65.5. The third-order valence-corrected chi connectivity index (χ3v) is 5.34. The normalized spacial score (nSPS) is 12.0. The quantitative estimate of drug-likeness (QED) is 0.689. The van der Waals surface area contributed by atoms with Crippen molar-refractivity contribution in [3.05, 3.63) is 78.1 Å². The smallest absolute Gasteiger partial charge is 0.280 e. The lowest BCUT2D eigenvalue weighted by Crippen LogP contribution is -2.14. The molecule has 27 heavy (non-hydrogen) atoms. The lowest BCUT2D eigenvalue weighted by Gasteiger charge is -2.12. The summed E-state index contributed by atoms with van der Waals surface area (Å²) in [5.74, 6) is 0. The van der Waals surface area contributed by atoms with E-state index in [2.05, 4.69) is 9.71 Å². The van der Waals surface area contributed by atoms with Crippen molar-refractivity contribution in [2.45, 2.75) is 18.0 Å². The van der Waals surface area contributed by atoms with Gasteiger partial charge in [0.1, 0.15) is 0 Å². The first-order valence-corrected chi connectivity index (χ1v) is 9.36. The van der Waals surface area contributed by atoms with Crippen LogP contribution in [0.1, 0.15) is 11.1 Å². The largest absolute Gasteiger partial charge is 0.416 e. The first-order chi connectivity index (χ1) is 12.7. The summed E-state index contributed by atoms with van der Waals surface area (Å²) in [6.07, 6.45) is -1.23. The summed E-state index contributed by atoms with van der Waals surface area (Å²) in [6, 6.07) is 12.0. The molecule has 8 heteroatoms. The van der Waals surface area contributed by atoms with Crippen LogP contribution in [0.25, 0.3) is 11.1 Å². The maximum atomic E-state index is 12.8. The predicted molar refractivity (Wildman–Crippen MR) is 96.7 cm³/mol. The van der Waals surface area contributed by atoms with Crippen molar-refractivity contribution in [1.29, 1.82) is 0 Å². The standard InChI is InChI=1S/C19H15F3N2O2S/c1-13-9-10-23-12-18(13)14-5-7-16(8-6-14)24-27(25,26)17-4-2-3-15(11-17)19(20,21)22/h2-12,24H,1H3. The van der Waals surface area contributed by atoms with E-state index in [9.17, 15) is 21.6 Å². The zero-order valence-electron chi connectivity index (χ0n) is 14.2. The number of benzene rings is 2. The average Bonchev–Trinajstić information content (AvgIpc) is 2.62. The van der Waals surface area contributed by atoms with Crippen LogP contribution in [0.3, 0.4) is 0 Å². The fourth-order valence-electron chi connectivity index (χ4n) is 2.54. The monoisotopic (exact) mass is 392 g/mol. The fourth-order valence-corrected chi connectivity index (χ4v) is 3.64. The topological polar surface area (TPSA) is 59.1 Å². The van der Waals surface area contributed by atoms with Crippen LogP contribution in [0.2, 0.25) is 0 Å². The van der Waals surface area contributed by atoms with Gasteiger partial charge in [-0.3, -0.25) is 9.71 Å². The lowest BCUT2D eigenvalue weighted by molar-refractivity contribution is -0.137. The summed E-state index contributed by atoms with van der Waals surface area (Å²) in [5.41, 5.74) is 2.00. The van der Waals surface area contributed by atoms with E-state index in [1.165, 1.54) is 0 Å². The second-order valence-corrected chi connectivity index (χ2v) is 7.58. The number of hydrogen-bond acceptors (Lipinski definition) is 3. The summed E-state index contributed by atoms with van der Waals surface area (Å²) in [4.78, 5) is 3.61. The number of pyridine rings is 1. The molecule has 0 spiro atoms. The molecule has 140 valence electrons. The first kappa shape index (κ1) is 18.9. The molecule has 4 nitrogen and oxygen atoms in total. The molecule has 1 aromatic heterocycles. The fraction of sp³-hybridized carbons (Fsp3) is 0.105. The molecule has 3 aromatic rings. The number of alkyl halides is 3. The highest BCUT2D eigenvalue weighted by Crippen LogP contribution is 2.31.